The monoisotopic (exact) mass is 247 g/mol. The van der Waals surface area contributed by atoms with Crippen LogP contribution < -0.4 is 51.4 Å². The van der Waals surface area contributed by atoms with Gasteiger partial charge in [-0.2, -0.15) is 0 Å². The summed E-state index contributed by atoms with van der Waals surface area (Å²) in [6, 6.07) is 7.22. The fourth-order valence-corrected chi connectivity index (χ4v) is 1.28. The first kappa shape index (κ1) is 16.3. The minimum Gasteiger partial charge on any atom is -0.481 e. The van der Waals surface area contributed by atoms with E-state index < -0.39 is 17.5 Å². The van der Waals surface area contributed by atoms with Crippen LogP contribution in [0.2, 0.25) is 0 Å². The van der Waals surface area contributed by atoms with Crippen molar-refractivity contribution in [3.63, 3.8) is 0 Å². The number of hydrogen-bond donors (Lipinski definition) is 2. The van der Waals surface area contributed by atoms with Crippen molar-refractivity contribution in [2.24, 2.45) is 5.41 Å². The summed E-state index contributed by atoms with van der Waals surface area (Å²) >= 11 is 0. The first-order valence-electron chi connectivity index (χ1n) is 4.83. The van der Waals surface area contributed by atoms with E-state index in [1.54, 1.807) is 12.1 Å². The van der Waals surface area contributed by atoms with Gasteiger partial charge in [-0.15, -0.1) is 0 Å². The van der Waals surface area contributed by atoms with E-state index in [9.17, 15) is 9.90 Å². The van der Waals surface area contributed by atoms with Crippen LogP contribution in [0.5, 0.6) is 0 Å². The van der Waals surface area contributed by atoms with E-state index in [0.717, 1.165) is 5.56 Å². The number of aryl methyl sites for hydroxylation is 1. The third-order valence-corrected chi connectivity index (χ3v) is 2.63. The molecule has 1 aromatic carbocycles. The minimum atomic E-state index is -1.17. The molecule has 16 heavy (non-hydrogen) atoms. The molecule has 0 radical (unpaired) electrons. The Bertz CT molecular complexity index is 357. The summed E-state index contributed by atoms with van der Waals surface area (Å²) in [4.78, 5) is 10.9. The van der Waals surface area contributed by atoms with Crippen LogP contribution in [0.4, 0.5) is 0 Å². The largest absolute Gasteiger partial charge is 1.00 e. The van der Waals surface area contributed by atoms with Crippen LogP contribution in [-0.2, 0) is 4.79 Å². The molecule has 0 saturated heterocycles. The van der Waals surface area contributed by atoms with Crippen molar-refractivity contribution >= 4 is 5.97 Å². The maximum Gasteiger partial charge on any atom is 1.00 e. The van der Waals surface area contributed by atoms with E-state index in [1.165, 1.54) is 13.8 Å². The number of aliphatic carboxylic acids is 1. The van der Waals surface area contributed by atoms with Crippen molar-refractivity contribution in [2.45, 2.75) is 26.9 Å². The molecule has 82 valence electrons. The van der Waals surface area contributed by atoms with E-state index in [-0.39, 0.29) is 51.4 Å². The van der Waals surface area contributed by atoms with E-state index in [2.05, 4.69) is 0 Å². The molecular weight excluding hydrogens is 231 g/mol. The molecule has 2 N–H and O–H groups in total. The summed E-state index contributed by atoms with van der Waals surface area (Å²) in [5, 5.41) is 18.9. The van der Waals surface area contributed by atoms with Gasteiger partial charge in [0.1, 0.15) is 0 Å². The van der Waals surface area contributed by atoms with Crippen molar-refractivity contribution in [3.05, 3.63) is 35.4 Å². The molecule has 3 nitrogen and oxygen atoms in total. The number of carboxylic acids is 1. The van der Waals surface area contributed by atoms with E-state index >= 15 is 0 Å². The Morgan fingerprint density at radius 1 is 1.25 bits per heavy atom. The second-order valence-electron chi connectivity index (χ2n) is 4.34. The summed E-state index contributed by atoms with van der Waals surface area (Å²) in [6.07, 6.45) is -0.990. The molecule has 0 aliphatic rings. The van der Waals surface area contributed by atoms with Gasteiger partial charge in [-0.3, -0.25) is 4.79 Å². The van der Waals surface area contributed by atoms with Crippen molar-refractivity contribution in [1.82, 2.24) is 0 Å². The van der Waals surface area contributed by atoms with Gasteiger partial charge < -0.3 is 10.2 Å². The second-order valence-corrected chi connectivity index (χ2v) is 4.34. The van der Waals surface area contributed by atoms with Crippen LogP contribution in [0.15, 0.2) is 24.3 Å². The second kappa shape index (κ2) is 6.28. The fourth-order valence-electron chi connectivity index (χ4n) is 1.28. The molecule has 0 heterocycles. The smallest absolute Gasteiger partial charge is 0.481 e. The molecule has 0 bridgehead atoms. The molecule has 0 aliphatic heterocycles. The fraction of sp³-hybridized carbons (Fsp3) is 0.417. The van der Waals surface area contributed by atoms with Gasteiger partial charge >= 0.3 is 57.4 Å². The van der Waals surface area contributed by atoms with Gasteiger partial charge in [0, 0.05) is 0 Å². The van der Waals surface area contributed by atoms with Crippen LogP contribution >= 0.6 is 0 Å². The van der Waals surface area contributed by atoms with E-state index in [4.69, 9.17) is 5.11 Å². The molecular formula is C12H16KO3+. The van der Waals surface area contributed by atoms with Crippen molar-refractivity contribution in [2.75, 3.05) is 0 Å². The maximum absolute atomic E-state index is 10.9. The number of aliphatic hydroxyl groups excluding tert-OH is 1. The maximum atomic E-state index is 10.9. The first-order valence-corrected chi connectivity index (χ1v) is 4.83. The quantitative estimate of drug-likeness (QED) is 0.684. The van der Waals surface area contributed by atoms with Crippen LogP contribution in [-0.4, -0.2) is 16.2 Å². The molecule has 0 fully saturated rings. The summed E-state index contributed by atoms with van der Waals surface area (Å²) in [7, 11) is 0. The Morgan fingerprint density at radius 2 is 1.69 bits per heavy atom. The first-order chi connectivity index (χ1) is 6.85. The Labute approximate surface area is 138 Å². The normalized spacial score (nSPS) is 12.8. The predicted octanol–water partition coefficient (Wildman–Crippen LogP) is -0.857. The molecule has 0 aromatic heterocycles. The molecule has 4 heteroatoms. The molecule has 0 saturated carbocycles. The van der Waals surface area contributed by atoms with E-state index in [1.807, 2.05) is 19.1 Å². The number of hydrogen-bond acceptors (Lipinski definition) is 2. The number of benzene rings is 1. The summed E-state index contributed by atoms with van der Waals surface area (Å²) in [6.45, 7) is 4.97. The molecule has 0 aliphatic carbocycles. The average molecular weight is 247 g/mol. The molecule has 0 spiro atoms. The van der Waals surface area contributed by atoms with Crippen LogP contribution in [0.3, 0.4) is 0 Å². The number of rotatable bonds is 3. The van der Waals surface area contributed by atoms with Gasteiger partial charge in [-0.25, -0.2) is 0 Å². The Kier molecular flexibility index (Phi) is 6.39. The van der Waals surface area contributed by atoms with Crippen molar-refractivity contribution < 1.29 is 66.4 Å². The van der Waals surface area contributed by atoms with Gasteiger partial charge in [0.05, 0.1) is 11.5 Å². The zero-order chi connectivity index (χ0) is 11.6. The van der Waals surface area contributed by atoms with Gasteiger partial charge in [-0.05, 0) is 26.3 Å². The molecule has 1 rings (SSSR count). The van der Waals surface area contributed by atoms with Gasteiger partial charge in [0.2, 0.25) is 0 Å². The average Bonchev–Trinajstić information content (AvgIpc) is 2.17. The summed E-state index contributed by atoms with van der Waals surface area (Å²) in [5.41, 5.74) is 0.544. The SMILES string of the molecule is Cc1ccc(C(O)C(C)(C)C(=O)O)cc1.[K+]. The predicted molar refractivity (Wildman–Crippen MR) is 57.6 cm³/mol. The van der Waals surface area contributed by atoms with Gasteiger partial charge in [-0.1, -0.05) is 29.8 Å². The third-order valence-electron chi connectivity index (χ3n) is 2.63. The van der Waals surface area contributed by atoms with Gasteiger partial charge in [0.15, 0.2) is 0 Å². The van der Waals surface area contributed by atoms with Crippen LogP contribution in [0, 0.1) is 12.3 Å². The Balaban J connectivity index is 0.00000225. The molecule has 0 amide bonds. The number of carboxylic acid groups (broad SMARTS) is 1. The van der Waals surface area contributed by atoms with Crippen molar-refractivity contribution in [3.8, 4) is 0 Å². The summed E-state index contributed by atoms with van der Waals surface area (Å²) < 4.78 is 0. The molecule has 1 unspecified atom stereocenters. The van der Waals surface area contributed by atoms with Crippen LogP contribution in [0.25, 0.3) is 0 Å². The Hall–Kier alpha value is 0.286. The Morgan fingerprint density at radius 3 is 2.06 bits per heavy atom. The topological polar surface area (TPSA) is 57.5 Å². The van der Waals surface area contributed by atoms with Crippen LogP contribution in [0.1, 0.15) is 31.1 Å². The van der Waals surface area contributed by atoms with Crippen molar-refractivity contribution in [1.29, 1.82) is 0 Å². The number of carbonyl (C=O) groups is 1. The standard InChI is InChI=1S/C12H16O3.K/c1-8-4-6-9(7-5-8)10(13)12(2,3)11(14)15;/h4-7,10,13H,1-3H3,(H,14,15);/q;+1. The molecule has 1 aromatic rings. The zero-order valence-corrected chi connectivity index (χ0v) is 13.3. The van der Waals surface area contributed by atoms with Gasteiger partial charge in [0.25, 0.3) is 0 Å². The summed E-state index contributed by atoms with van der Waals surface area (Å²) in [5.74, 6) is -1.00. The third kappa shape index (κ3) is 3.65. The minimum absolute atomic E-state index is 0. The van der Waals surface area contributed by atoms with E-state index in [0.29, 0.717) is 5.56 Å². The number of aliphatic hydroxyl groups is 1. The molecule has 1 atom stereocenters. The zero-order valence-electron chi connectivity index (χ0n) is 10.2.